The first kappa shape index (κ1) is 26.7. The van der Waals surface area contributed by atoms with Crippen LogP contribution in [0.4, 0.5) is 9.18 Å². The van der Waals surface area contributed by atoms with Gasteiger partial charge in [0.05, 0.1) is 12.2 Å². The number of likely N-dealkylation sites (tertiary alicyclic amines) is 1. The first-order valence-corrected chi connectivity index (χ1v) is 13.2. The van der Waals surface area contributed by atoms with Crippen LogP contribution in [0.3, 0.4) is 0 Å². The Morgan fingerprint density at radius 3 is 2.62 bits per heavy atom. The van der Waals surface area contributed by atoms with E-state index in [4.69, 9.17) is 9.47 Å². The average molecular weight is 533 g/mol. The van der Waals surface area contributed by atoms with Gasteiger partial charge in [0.15, 0.2) is 11.5 Å². The third-order valence-corrected chi connectivity index (χ3v) is 7.37. The highest BCUT2D eigenvalue weighted by atomic mass is 19.1. The third-order valence-electron chi connectivity index (χ3n) is 7.37. The van der Waals surface area contributed by atoms with Crippen molar-refractivity contribution < 1.29 is 23.5 Å². The van der Waals surface area contributed by atoms with Gasteiger partial charge >= 0.3 is 6.09 Å². The van der Waals surface area contributed by atoms with Crippen molar-refractivity contribution >= 4 is 11.9 Å². The van der Waals surface area contributed by atoms with Gasteiger partial charge in [0.1, 0.15) is 29.2 Å². The lowest BCUT2D eigenvalue weighted by atomic mass is 9.78. The third kappa shape index (κ3) is 5.36. The molecule has 2 saturated heterocycles. The number of Topliss-reactive ketones (excluding diaryl/α,β-unsaturated/α-hetero) is 1. The van der Waals surface area contributed by atoms with Crippen LogP contribution in [-0.2, 0) is 4.74 Å². The van der Waals surface area contributed by atoms with E-state index < -0.39 is 23.6 Å². The van der Waals surface area contributed by atoms with E-state index in [0.717, 1.165) is 25.9 Å². The Morgan fingerprint density at radius 2 is 1.90 bits per heavy atom. The summed E-state index contributed by atoms with van der Waals surface area (Å²) < 4.78 is 26.7. The first-order chi connectivity index (χ1) is 18.6. The van der Waals surface area contributed by atoms with Gasteiger partial charge in [-0.05, 0) is 70.8 Å². The van der Waals surface area contributed by atoms with Crippen LogP contribution in [0.25, 0.3) is 11.1 Å². The Labute approximate surface area is 227 Å². The molecule has 3 aromatic rings. The Hall–Kier alpha value is -3.85. The zero-order valence-corrected chi connectivity index (χ0v) is 22.7. The normalized spacial score (nSPS) is 20.8. The number of nitrogens with one attached hydrogen (secondary N) is 1. The number of benzene rings is 2. The Morgan fingerprint density at radius 1 is 1.10 bits per heavy atom. The molecule has 0 aliphatic carbocycles. The summed E-state index contributed by atoms with van der Waals surface area (Å²) in [6.45, 7) is 9.10. The molecule has 1 spiro atoms. The quantitative estimate of drug-likeness (QED) is 0.407. The molecule has 2 aliphatic heterocycles. The summed E-state index contributed by atoms with van der Waals surface area (Å²) in [6, 6.07) is 10.8. The van der Waals surface area contributed by atoms with E-state index in [9.17, 15) is 14.0 Å². The lowest BCUT2D eigenvalue weighted by Crippen LogP contribution is -2.40. The molecular formula is C30H33FN4O4. The lowest BCUT2D eigenvalue weighted by Gasteiger charge is -2.35. The SMILES string of the molecule is CC(=O)c1ccccc1-c1cc(F)ccc1Oc1cncnc1C1N(C(=O)OC(C)(C)C)CCC12CCNC2. The van der Waals surface area contributed by atoms with Crippen LogP contribution in [0.5, 0.6) is 11.5 Å². The summed E-state index contributed by atoms with van der Waals surface area (Å²) in [5.74, 6) is 0.112. The molecule has 1 amide bonds. The maximum atomic E-state index is 14.5. The summed E-state index contributed by atoms with van der Waals surface area (Å²) in [4.78, 5) is 36.3. The van der Waals surface area contributed by atoms with E-state index in [-0.39, 0.29) is 11.2 Å². The van der Waals surface area contributed by atoms with Gasteiger partial charge in [0.2, 0.25) is 0 Å². The van der Waals surface area contributed by atoms with Crippen LogP contribution in [0.2, 0.25) is 0 Å². The summed E-state index contributed by atoms with van der Waals surface area (Å²) in [5, 5.41) is 3.45. The summed E-state index contributed by atoms with van der Waals surface area (Å²) in [6.07, 6.45) is 4.27. The van der Waals surface area contributed by atoms with Crippen molar-refractivity contribution in [2.45, 2.75) is 52.2 Å². The van der Waals surface area contributed by atoms with Gasteiger partial charge in [-0.2, -0.15) is 0 Å². The Bertz CT molecular complexity index is 1400. The molecular weight excluding hydrogens is 499 g/mol. The van der Waals surface area contributed by atoms with Gasteiger partial charge in [-0.3, -0.25) is 9.69 Å². The van der Waals surface area contributed by atoms with E-state index >= 15 is 0 Å². The summed E-state index contributed by atoms with van der Waals surface area (Å²) in [7, 11) is 0. The average Bonchev–Trinajstić information content (AvgIpc) is 3.52. The number of aromatic nitrogens is 2. The highest BCUT2D eigenvalue weighted by Crippen LogP contribution is 2.53. The van der Waals surface area contributed by atoms with Crippen molar-refractivity contribution in [1.82, 2.24) is 20.2 Å². The van der Waals surface area contributed by atoms with E-state index in [1.165, 1.54) is 31.5 Å². The molecule has 5 rings (SSSR count). The highest BCUT2D eigenvalue weighted by Gasteiger charge is 2.53. The second kappa shape index (κ2) is 10.4. The minimum Gasteiger partial charge on any atom is -0.453 e. The molecule has 2 aromatic carbocycles. The number of amides is 1. The standard InChI is InChI=1S/C30H33FN4O4/c1-19(36)21-7-5-6-8-22(21)23-15-20(31)9-10-24(23)38-25-16-33-18-34-26(25)27-30(11-13-32-17-30)12-14-35(27)28(37)39-29(2,3)4/h5-10,15-16,18,27,32H,11-14,17H2,1-4H3. The predicted molar refractivity (Wildman–Crippen MR) is 144 cm³/mol. The summed E-state index contributed by atoms with van der Waals surface area (Å²) in [5.41, 5.74) is 1.13. The second-order valence-corrected chi connectivity index (χ2v) is 11.2. The Kier molecular flexibility index (Phi) is 7.11. The number of hydrogen-bond acceptors (Lipinski definition) is 7. The maximum absolute atomic E-state index is 14.5. The zero-order valence-electron chi connectivity index (χ0n) is 22.7. The van der Waals surface area contributed by atoms with Gasteiger partial charge in [0.25, 0.3) is 0 Å². The van der Waals surface area contributed by atoms with Crippen LogP contribution in [0, 0.1) is 11.2 Å². The number of nitrogens with zero attached hydrogens (tertiary/aromatic N) is 3. The Balaban J connectivity index is 1.58. The van der Waals surface area contributed by atoms with Gasteiger partial charge < -0.3 is 14.8 Å². The molecule has 2 fully saturated rings. The molecule has 39 heavy (non-hydrogen) atoms. The van der Waals surface area contributed by atoms with Crippen molar-refractivity contribution in [2.75, 3.05) is 19.6 Å². The smallest absolute Gasteiger partial charge is 0.410 e. The zero-order chi connectivity index (χ0) is 27.8. The molecule has 1 aromatic heterocycles. The fourth-order valence-electron chi connectivity index (χ4n) is 5.66. The monoisotopic (exact) mass is 532 g/mol. The lowest BCUT2D eigenvalue weighted by molar-refractivity contribution is 0.0160. The summed E-state index contributed by atoms with van der Waals surface area (Å²) >= 11 is 0. The van der Waals surface area contributed by atoms with E-state index in [0.29, 0.717) is 40.4 Å². The number of carbonyl (C=O) groups excluding carboxylic acids is 2. The number of halogens is 1. The molecule has 0 bridgehead atoms. The number of ketones is 1. The molecule has 1 N–H and O–H groups in total. The number of ether oxygens (including phenoxy) is 2. The molecule has 9 heteroatoms. The van der Waals surface area contributed by atoms with Crippen LogP contribution < -0.4 is 10.1 Å². The molecule has 0 saturated carbocycles. The predicted octanol–water partition coefficient (Wildman–Crippen LogP) is 5.94. The molecule has 8 nitrogen and oxygen atoms in total. The van der Waals surface area contributed by atoms with Crippen molar-refractivity contribution in [1.29, 1.82) is 0 Å². The molecule has 2 unspecified atom stereocenters. The van der Waals surface area contributed by atoms with Crippen molar-refractivity contribution in [3.05, 3.63) is 72.1 Å². The van der Waals surface area contributed by atoms with Gasteiger partial charge in [-0.15, -0.1) is 0 Å². The van der Waals surface area contributed by atoms with Crippen molar-refractivity contribution in [2.24, 2.45) is 5.41 Å². The maximum Gasteiger partial charge on any atom is 0.410 e. The van der Waals surface area contributed by atoms with Crippen LogP contribution >= 0.6 is 0 Å². The van der Waals surface area contributed by atoms with Crippen LogP contribution in [0.15, 0.2) is 55.0 Å². The van der Waals surface area contributed by atoms with E-state index in [1.54, 1.807) is 35.4 Å². The molecule has 204 valence electrons. The van der Waals surface area contributed by atoms with E-state index in [2.05, 4.69) is 15.3 Å². The highest BCUT2D eigenvalue weighted by molar-refractivity contribution is 6.01. The van der Waals surface area contributed by atoms with E-state index in [1.807, 2.05) is 20.8 Å². The van der Waals surface area contributed by atoms with Crippen molar-refractivity contribution in [3.8, 4) is 22.6 Å². The molecule has 3 heterocycles. The van der Waals surface area contributed by atoms with Crippen LogP contribution in [-0.4, -0.2) is 52.0 Å². The molecule has 2 atom stereocenters. The first-order valence-electron chi connectivity index (χ1n) is 13.2. The largest absolute Gasteiger partial charge is 0.453 e. The fourth-order valence-corrected chi connectivity index (χ4v) is 5.66. The second-order valence-electron chi connectivity index (χ2n) is 11.2. The topological polar surface area (TPSA) is 93.7 Å². The number of carbonyl (C=O) groups is 2. The minimum atomic E-state index is -0.649. The van der Waals surface area contributed by atoms with Crippen LogP contribution in [0.1, 0.15) is 62.6 Å². The number of hydrogen-bond donors (Lipinski definition) is 1. The van der Waals surface area contributed by atoms with Crippen molar-refractivity contribution in [3.63, 3.8) is 0 Å². The number of rotatable bonds is 5. The minimum absolute atomic E-state index is 0.140. The molecule has 2 aliphatic rings. The fraction of sp³-hybridized carbons (Fsp3) is 0.400. The van der Waals surface area contributed by atoms with Gasteiger partial charge in [-0.1, -0.05) is 24.3 Å². The molecule has 0 radical (unpaired) electrons. The van der Waals surface area contributed by atoms with Gasteiger partial charge in [0, 0.05) is 29.6 Å². The van der Waals surface area contributed by atoms with Gasteiger partial charge in [-0.25, -0.2) is 19.2 Å².